The largest absolute Gasteiger partial charge is 2.00 e. The number of hydrogen-bond acceptors (Lipinski definition) is 2. The fraction of sp³-hybridized carbons (Fsp3) is 0.368. The molecular weight excluding hydrogens is 375 g/mol. The topological polar surface area (TPSA) is 52.0 Å². The van der Waals surface area contributed by atoms with Crippen LogP contribution >= 0.6 is 0 Å². The van der Waals surface area contributed by atoms with Crippen LogP contribution in [0.2, 0.25) is 0 Å². The van der Waals surface area contributed by atoms with E-state index in [0.717, 1.165) is 6.42 Å². The number of nitrogens with two attached hydrogens (primary N) is 2. The number of hydrogen-bond donors (Lipinski definition) is 2. The normalized spacial score (nSPS) is 10.2. The molecule has 0 radical (unpaired) electrons. The van der Waals surface area contributed by atoms with Crippen molar-refractivity contribution in [3.63, 3.8) is 0 Å². The van der Waals surface area contributed by atoms with Crippen molar-refractivity contribution in [3.8, 4) is 0 Å². The number of rotatable bonds is 4. The van der Waals surface area contributed by atoms with Crippen molar-refractivity contribution in [1.82, 2.24) is 0 Å². The second-order valence-electron chi connectivity index (χ2n) is 6.04. The van der Waals surface area contributed by atoms with Crippen LogP contribution in [-0.4, -0.2) is 6.54 Å². The van der Waals surface area contributed by atoms with Gasteiger partial charge in [-0.25, -0.2) is 0 Å². The molecule has 4 N–H and O–H groups in total. The van der Waals surface area contributed by atoms with E-state index in [9.17, 15) is 0 Å². The molecule has 0 fully saturated rings. The summed E-state index contributed by atoms with van der Waals surface area (Å²) in [6.45, 7) is 9.10. The van der Waals surface area contributed by atoms with Crippen molar-refractivity contribution in [1.29, 1.82) is 0 Å². The van der Waals surface area contributed by atoms with E-state index in [2.05, 4.69) is 64.1 Å². The Morgan fingerprint density at radius 1 is 0.750 bits per heavy atom. The third-order valence-corrected chi connectivity index (χ3v) is 4.39. The van der Waals surface area contributed by atoms with Gasteiger partial charge in [-0.1, -0.05) is 36.4 Å². The zero-order chi connectivity index (χ0) is 15.6. The molecule has 0 saturated heterocycles. The van der Waals surface area contributed by atoms with E-state index in [-0.39, 0.29) is 46.5 Å². The van der Waals surface area contributed by atoms with E-state index in [0.29, 0.717) is 6.54 Å². The summed E-state index contributed by atoms with van der Waals surface area (Å²) in [7, 11) is 0. The quantitative estimate of drug-likeness (QED) is 0.556. The average Bonchev–Trinajstić information content (AvgIpc) is 2.38. The average molecular weight is 401 g/mol. The molecule has 0 unspecified atom stereocenters. The van der Waals surface area contributed by atoms with Crippen LogP contribution in [0.15, 0.2) is 36.4 Å². The zero-order valence-electron chi connectivity index (χ0n) is 14.8. The van der Waals surface area contributed by atoms with Gasteiger partial charge in [-0.3, -0.25) is 0 Å². The minimum Gasteiger partial charge on any atom is -1.00 e. The Labute approximate surface area is 173 Å². The molecule has 0 heterocycles. The van der Waals surface area contributed by atoms with Gasteiger partial charge in [0.2, 0.25) is 0 Å². The van der Waals surface area contributed by atoms with Crippen molar-refractivity contribution in [2.75, 3.05) is 6.54 Å². The molecule has 0 spiro atoms. The molecular formula is C19H26Cl2N2Ti. The minimum atomic E-state index is -0.528. The Bertz CT molecular complexity index is 568. The van der Waals surface area contributed by atoms with Crippen LogP contribution in [0.25, 0.3) is 0 Å². The van der Waals surface area contributed by atoms with Crippen molar-refractivity contribution in [2.45, 2.75) is 39.7 Å². The molecule has 0 aromatic heterocycles. The zero-order valence-corrected chi connectivity index (χ0v) is 17.9. The monoisotopic (exact) mass is 400 g/mol. The van der Waals surface area contributed by atoms with Crippen LogP contribution in [0.4, 0.5) is 0 Å². The summed E-state index contributed by atoms with van der Waals surface area (Å²) in [6, 6.07) is 12.7. The van der Waals surface area contributed by atoms with Crippen molar-refractivity contribution < 1.29 is 46.5 Å². The van der Waals surface area contributed by atoms with E-state index in [4.69, 9.17) is 11.5 Å². The van der Waals surface area contributed by atoms with Crippen LogP contribution in [0.1, 0.15) is 39.8 Å². The van der Waals surface area contributed by atoms with Crippen molar-refractivity contribution >= 4 is 0 Å². The summed E-state index contributed by atoms with van der Waals surface area (Å²) in [4.78, 5) is 0. The summed E-state index contributed by atoms with van der Waals surface area (Å²) in [5, 5.41) is 0. The first-order valence-electron chi connectivity index (χ1n) is 7.54. The smallest absolute Gasteiger partial charge is 1.00 e. The number of halogens is 2. The third-order valence-electron chi connectivity index (χ3n) is 4.39. The molecule has 2 rings (SSSR count). The molecule has 5 heteroatoms. The molecule has 130 valence electrons. The fourth-order valence-electron chi connectivity index (χ4n) is 3.64. The van der Waals surface area contributed by atoms with E-state index in [1.54, 1.807) is 0 Å². The summed E-state index contributed by atoms with van der Waals surface area (Å²) in [5.74, 6) is 0. The Hall–Kier alpha value is -0.346. The van der Waals surface area contributed by atoms with Crippen LogP contribution < -0.4 is 36.3 Å². The molecule has 0 aliphatic heterocycles. The Balaban J connectivity index is 0. The summed E-state index contributed by atoms with van der Waals surface area (Å²) >= 11 is 0. The van der Waals surface area contributed by atoms with E-state index in [1.807, 2.05) is 0 Å². The maximum absolute atomic E-state index is 6.97. The molecule has 0 aliphatic rings. The second-order valence-corrected chi connectivity index (χ2v) is 6.04. The van der Waals surface area contributed by atoms with Gasteiger partial charge in [0.05, 0.1) is 5.54 Å². The molecule has 0 atom stereocenters. The maximum Gasteiger partial charge on any atom is 2.00 e. The minimum absolute atomic E-state index is 0. The van der Waals surface area contributed by atoms with E-state index < -0.39 is 5.54 Å². The van der Waals surface area contributed by atoms with Gasteiger partial charge >= 0.3 is 21.7 Å². The predicted molar refractivity (Wildman–Crippen MR) is 90.5 cm³/mol. The molecule has 0 aliphatic carbocycles. The predicted octanol–water partition coefficient (Wildman–Crippen LogP) is -2.52. The first-order valence-corrected chi connectivity index (χ1v) is 7.54. The molecule has 0 bridgehead atoms. The maximum atomic E-state index is 6.97. The van der Waals surface area contributed by atoms with E-state index in [1.165, 1.54) is 33.4 Å². The van der Waals surface area contributed by atoms with Gasteiger partial charge in [0.25, 0.3) is 0 Å². The van der Waals surface area contributed by atoms with Gasteiger partial charge in [0, 0.05) is 0 Å². The van der Waals surface area contributed by atoms with Gasteiger partial charge in [-0.2, -0.15) is 0 Å². The summed E-state index contributed by atoms with van der Waals surface area (Å²) in [6.07, 6.45) is 0.740. The molecule has 2 aromatic carbocycles. The Kier molecular flexibility index (Phi) is 11.4. The summed E-state index contributed by atoms with van der Waals surface area (Å²) < 4.78 is 0. The second kappa shape index (κ2) is 10.6. The van der Waals surface area contributed by atoms with Crippen LogP contribution in [0.5, 0.6) is 0 Å². The first kappa shape index (κ1) is 25.9. The van der Waals surface area contributed by atoms with Crippen LogP contribution in [-0.2, 0) is 27.3 Å². The molecule has 24 heavy (non-hydrogen) atoms. The molecule has 0 saturated carbocycles. The fourth-order valence-corrected chi connectivity index (χ4v) is 3.64. The van der Waals surface area contributed by atoms with E-state index >= 15 is 0 Å². The van der Waals surface area contributed by atoms with Gasteiger partial charge in [0.1, 0.15) is 0 Å². The Morgan fingerprint density at radius 3 is 1.29 bits per heavy atom. The van der Waals surface area contributed by atoms with Crippen molar-refractivity contribution in [3.05, 3.63) is 69.8 Å². The molecule has 0 amide bonds. The Morgan fingerprint density at radius 2 is 1.04 bits per heavy atom. The van der Waals surface area contributed by atoms with Crippen LogP contribution in [0.3, 0.4) is 0 Å². The standard InChI is InChI=1S/C19H26N2.2ClH.Ti/c1-13-7-5-8-14(2)17(13)19(21,11-12-20)18-15(3)9-6-10-16(18)4;;;/h5-10H,11-12,20-21H2,1-4H3;2*1H;/q;;;+2/p-2. The molecule has 2 nitrogen and oxygen atoms in total. The van der Waals surface area contributed by atoms with Gasteiger partial charge in [-0.05, 0) is 74.0 Å². The number of aryl methyl sites for hydroxylation is 4. The van der Waals surface area contributed by atoms with Gasteiger partial charge in [0.15, 0.2) is 0 Å². The molecule has 2 aromatic rings. The first-order chi connectivity index (χ1) is 9.91. The summed E-state index contributed by atoms with van der Waals surface area (Å²) in [5.41, 5.74) is 19.7. The van der Waals surface area contributed by atoms with Crippen LogP contribution in [0, 0.1) is 27.7 Å². The van der Waals surface area contributed by atoms with Crippen molar-refractivity contribution in [2.24, 2.45) is 11.5 Å². The van der Waals surface area contributed by atoms with Gasteiger partial charge < -0.3 is 36.3 Å². The number of benzene rings is 2. The third kappa shape index (κ3) is 4.85. The van der Waals surface area contributed by atoms with Gasteiger partial charge in [-0.15, -0.1) is 0 Å². The SMILES string of the molecule is Cc1cccc(C)c1C(N)(CCN)c1c(C)cccc1C.[Cl-].[Cl-].[Ti+2].